The number of hydrogen-bond donors (Lipinski definition) is 0. The number of rotatable bonds is 4. The third kappa shape index (κ3) is 3.07. The summed E-state index contributed by atoms with van der Waals surface area (Å²) in [5, 5.41) is 0. The quantitative estimate of drug-likeness (QED) is 0.565. The van der Waals surface area contributed by atoms with Gasteiger partial charge in [-0.3, -0.25) is 0 Å². The van der Waals surface area contributed by atoms with Crippen LogP contribution in [0.4, 0.5) is 0 Å². The van der Waals surface area contributed by atoms with Gasteiger partial charge < -0.3 is 0 Å². The molecule has 2 aromatic rings. The Morgan fingerprint density at radius 3 is 2.21 bits per heavy atom. The molecule has 1 aliphatic carbocycles. The van der Waals surface area contributed by atoms with Crippen molar-refractivity contribution in [3.63, 3.8) is 0 Å². The van der Waals surface area contributed by atoms with Crippen LogP contribution in [0.3, 0.4) is 0 Å². The number of hydrogen-bond acceptors (Lipinski definition) is 0. The second kappa shape index (κ2) is 6.59. The van der Waals surface area contributed by atoms with E-state index >= 15 is 0 Å². The Balaban J connectivity index is 2.24. The van der Waals surface area contributed by atoms with Gasteiger partial charge in [-0.15, -0.1) is 0 Å². The molecule has 2 aromatic carbocycles. The minimum Gasteiger partial charge on any atom is -0.0648 e. The maximum Gasteiger partial charge on any atom is -0.00549 e. The molecule has 0 aliphatic heterocycles. The largest absolute Gasteiger partial charge is 0.0648 e. The van der Waals surface area contributed by atoms with Crippen LogP contribution in [-0.4, -0.2) is 0 Å². The van der Waals surface area contributed by atoms with E-state index in [0.717, 1.165) is 6.42 Å². The molecule has 1 aliphatic rings. The lowest BCUT2D eigenvalue weighted by Crippen LogP contribution is -1.99. The minimum absolute atomic E-state index is 0.534. The summed E-state index contributed by atoms with van der Waals surface area (Å²) in [7, 11) is 0. The summed E-state index contributed by atoms with van der Waals surface area (Å²) in [4.78, 5) is 0. The lowest BCUT2D eigenvalue weighted by molar-refractivity contribution is 0.647. The average Bonchev–Trinajstić information content (AvgIpc) is 2.95. The summed E-state index contributed by atoms with van der Waals surface area (Å²) in [5.41, 5.74) is 11.6. The van der Waals surface area contributed by atoms with Gasteiger partial charge in [0.2, 0.25) is 0 Å². The predicted molar refractivity (Wildman–Crippen MR) is 107 cm³/mol. The number of allylic oxidation sites excluding steroid dienone is 1. The Kier molecular flexibility index (Phi) is 4.67. The molecule has 0 heterocycles. The molecule has 1 unspecified atom stereocenters. The van der Waals surface area contributed by atoms with Gasteiger partial charge in [-0.2, -0.15) is 0 Å². The molecule has 0 spiro atoms. The highest BCUT2D eigenvalue weighted by atomic mass is 14.3. The van der Waals surface area contributed by atoms with Gasteiger partial charge in [0, 0.05) is 0 Å². The van der Waals surface area contributed by atoms with Crippen molar-refractivity contribution in [2.24, 2.45) is 5.92 Å². The first kappa shape index (κ1) is 17.0. The number of aryl methyl sites for hydroxylation is 2. The zero-order valence-corrected chi connectivity index (χ0v) is 16.0. The number of benzene rings is 2. The molecule has 0 amide bonds. The van der Waals surface area contributed by atoms with Gasteiger partial charge in [0.1, 0.15) is 0 Å². The second-order valence-electron chi connectivity index (χ2n) is 7.84. The van der Waals surface area contributed by atoms with Gasteiger partial charge in [0.15, 0.2) is 0 Å². The van der Waals surface area contributed by atoms with Gasteiger partial charge in [-0.05, 0) is 66.3 Å². The van der Waals surface area contributed by atoms with E-state index in [2.05, 4.69) is 78.0 Å². The van der Waals surface area contributed by atoms with Crippen LogP contribution in [-0.2, 0) is 6.42 Å². The molecule has 0 fully saturated rings. The first-order valence-corrected chi connectivity index (χ1v) is 9.35. The molecule has 24 heavy (non-hydrogen) atoms. The molecule has 0 nitrogen and oxygen atoms in total. The SMILES string of the molecule is CCC(C)C1=Cc2c(ccc(C(C)C)c2-c2cc(C)cc(C)c2)C1. The molecule has 3 rings (SSSR count). The lowest BCUT2D eigenvalue weighted by Gasteiger charge is -2.18. The Morgan fingerprint density at radius 1 is 0.958 bits per heavy atom. The number of fused-ring (bicyclic) bond motifs is 1. The van der Waals surface area contributed by atoms with Crippen LogP contribution in [0.2, 0.25) is 0 Å². The zero-order valence-electron chi connectivity index (χ0n) is 16.0. The van der Waals surface area contributed by atoms with Gasteiger partial charge in [0.25, 0.3) is 0 Å². The highest BCUT2D eigenvalue weighted by molar-refractivity contribution is 5.84. The third-order valence-corrected chi connectivity index (χ3v) is 5.47. The zero-order chi connectivity index (χ0) is 17.4. The fourth-order valence-electron chi connectivity index (χ4n) is 3.96. The molecule has 0 aromatic heterocycles. The molecule has 0 saturated heterocycles. The first-order chi connectivity index (χ1) is 11.4. The van der Waals surface area contributed by atoms with Crippen molar-refractivity contribution in [3.05, 3.63) is 63.7 Å². The van der Waals surface area contributed by atoms with Crippen molar-refractivity contribution >= 4 is 6.08 Å². The standard InChI is InChI=1S/C24H30/c1-7-18(6)20-13-19-8-9-22(15(2)3)24(23(19)14-20)21-11-16(4)10-17(5)12-21/h8-12,14-15,18H,7,13H2,1-6H3. The molecule has 0 radical (unpaired) electrons. The maximum absolute atomic E-state index is 2.49. The van der Waals surface area contributed by atoms with Crippen LogP contribution < -0.4 is 0 Å². The van der Waals surface area contributed by atoms with E-state index in [-0.39, 0.29) is 0 Å². The first-order valence-electron chi connectivity index (χ1n) is 9.35. The Labute approximate surface area is 147 Å². The Bertz CT molecular complexity index is 770. The van der Waals surface area contributed by atoms with E-state index < -0.39 is 0 Å². The smallest absolute Gasteiger partial charge is 0.00549 e. The average molecular weight is 319 g/mol. The van der Waals surface area contributed by atoms with Gasteiger partial charge in [0.05, 0.1) is 0 Å². The molecule has 126 valence electrons. The van der Waals surface area contributed by atoms with Crippen molar-refractivity contribution < 1.29 is 0 Å². The summed E-state index contributed by atoms with van der Waals surface area (Å²) in [5.74, 6) is 1.21. The summed E-state index contributed by atoms with van der Waals surface area (Å²) in [6.07, 6.45) is 4.83. The van der Waals surface area contributed by atoms with E-state index in [4.69, 9.17) is 0 Å². The Hall–Kier alpha value is -1.82. The minimum atomic E-state index is 0.534. The molecule has 1 atom stereocenters. The lowest BCUT2D eigenvalue weighted by atomic mass is 9.86. The Morgan fingerprint density at radius 2 is 1.62 bits per heavy atom. The van der Waals surface area contributed by atoms with Crippen LogP contribution in [0.5, 0.6) is 0 Å². The molecule has 0 N–H and O–H groups in total. The monoisotopic (exact) mass is 318 g/mol. The third-order valence-electron chi connectivity index (χ3n) is 5.47. The van der Waals surface area contributed by atoms with Gasteiger partial charge >= 0.3 is 0 Å². The van der Waals surface area contributed by atoms with Crippen LogP contribution >= 0.6 is 0 Å². The van der Waals surface area contributed by atoms with Crippen molar-refractivity contribution in [3.8, 4) is 11.1 Å². The van der Waals surface area contributed by atoms with Crippen molar-refractivity contribution in [1.29, 1.82) is 0 Å². The molecule has 0 saturated carbocycles. The molecule has 0 bridgehead atoms. The highest BCUT2D eigenvalue weighted by Crippen LogP contribution is 2.41. The highest BCUT2D eigenvalue weighted by Gasteiger charge is 2.22. The normalized spacial score (nSPS) is 14.7. The second-order valence-corrected chi connectivity index (χ2v) is 7.84. The van der Waals surface area contributed by atoms with Crippen molar-refractivity contribution in [1.82, 2.24) is 0 Å². The van der Waals surface area contributed by atoms with Gasteiger partial charge in [-0.1, -0.05) is 80.8 Å². The van der Waals surface area contributed by atoms with Crippen LogP contribution in [0.1, 0.15) is 67.9 Å². The molecular formula is C24H30. The molecular weight excluding hydrogens is 288 g/mol. The summed E-state index contributed by atoms with van der Waals surface area (Å²) in [6, 6.07) is 11.7. The fraction of sp³-hybridized carbons (Fsp3) is 0.417. The van der Waals surface area contributed by atoms with Crippen molar-refractivity contribution in [2.75, 3.05) is 0 Å². The fourth-order valence-corrected chi connectivity index (χ4v) is 3.96. The molecule has 0 heteroatoms. The van der Waals surface area contributed by atoms with E-state index in [1.165, 1.54) is 45.4 Å². The summed E-state index contributed by atoms with van der Waals surface area (Å²) in [6.45, 7) is 13.7. The van der Waals surface area contributed by atoms with E-state index in [9.17, 15) is 0 Å². The maximum atomic E-state index is 2.49. The van der Waals surface area contributed by atoms with Crippen molar-refractivity contribution in [2.45, 2.75) is 60.3 Å². The summed E-state index contributed by atoms with van der Waals surface area (Å²) < 4.78 is 0. The topological polar surface area (TPSA) is 0 Å². The van der Waals surface area contributed by atoms with E-state index in [1.54, 1.807) is 5.57 Å². The van der Waals surface area contributed by atoms with Crippen LogP contribution in [0, 0.1) is 19.8 Å². The van der Waals surface area contributed by atoms with E-state index in [0.29, 0.717) is 11.8 Å². The van der Waals surface area contributed by atoms with Crippen LogP contribution in [0.25, 0.3) is 17.2 Å². The van der Waals surface area contributed by atoms with Crippen LogP contribution in [0.15, 0.2) is 35.9 Å². The summed E-state index contributed by atoms with van der Waals surface area (Å²) >= 11 is 0. The predicted octanol–water partition coefficient (Wildman–Crippen LogP) is 7.08. The van der Waals surface area contributed by atoms with Gasteiger partial charge in [-0.25, -0.2) is 0 Å². The van der Waals surface area contributed by atoms with E-state index in [1.807, 2.05) is 0 Å².